The lowest BCUT2D eigenvalue weighted by Gasteiger charge is -2.31. The largest absolute Gasteiger partial charge is 0.493 e. The summed E-state index contributed by atoms with van der Waals surface area (Å²) >= 11 is 0. The second kappa shape index (κ2) is 12.0. The molecule has 0 spiro atoms. The number of halogens is 1. The van der Waals surface area contributed by atoms with Crippen LogP contribution in [0.1, 0.15) is 6.42 Å². The molecule has 1 fully saturated rings. The Morgan fingerprint density at radius 3 is 2.54 bits per heavy atom. The van der Waals surface area contributed by atoms with E-state index in [0.717, 1.165) is 4.31 Å². The molecule has 2 N–H and O–H groups in total. The van der Waals surface area contributed by atoms with Gasteiger partial charge in [0.15, 0.2) is 0 Å². The summed E-state index contributed by atoms with van der Waals surface area (Å²) in [7, 11) is -3.94. The van der Waals surface area contributed by atoms with Crippen LogP contribution in [0.4, 0.5) is 0 Å². The van der Waals surface area contributed by atoms with Crippen LogP contribution in [-0.2, 0) is 19.6 Å². The van der Waals surface area contributed by atoms with Crippen LogP contribution >= 0.6 is 12.4 Å². The predicted octanol–water partition coefficient (Wildman–Crippen LogP) is 0.849. The first kappa shape index (κ1) is 24.3. The summed E-state index contributed by atoms with van der Waals surface area (Å²) in [5.41, 5.74) is 1.48. The molecule has 158 valence electrons. The lowest BCUT2D eigenvalue weighted by molar-refractivity contribution is -0.129. The molecule has 0 saturated carbocycles. The number of carbonyl (C=O) groups is 1. The Balaban J connectivity index is 0.00000392. The van der Waals surface area contributed by atoms with Gasteiger partial charge in [0.2, 0.25) is 10.0 Å². The van der Waals surface area contributed by atoms with E-state index in [0.29, 0.717) is 45.1 Å². The molecule has 0 aliphatic carbocycles. The first-order chi connectivity index (χ1) is 13.0. The van der Waals surface area contributed by atoms with Crippen LogP contribution in [0.25, 0.3) is 0 Å². The number of hydrogen-bond acceptors (Lipinski definition) is 7. The minimum absolute atomic E-state index is 0. The third-order valence-electron chi connectivity index (χ3n) is 3.96. The molecule has 1 aromatic rings. The topological polar surface area (TPSA) is 108 Å². The Morgan fingerprint density at radius 1 is 1.32 bits per heavy atom. The zero-order chi connectivity index (χ0) is 19.7. The van der Waals surface area contributed by atoms with E-state index in [1.807, 2.05) is 4.90 Å². The van der Waals surface area contributed by atoms with Crippen LogP contribution < -0.4 is 10.2 Å². The number of hydroxylamine groups is 1. The molecule has 1 heterocycles. The Morgan fingerprint density at radius 2 is 1.96 bits per heavy atom. The number of carbonyl (C=O) groups excluding carboxylic acids is 1. The van der Waals surface area contributed by atoms with Crippen molar-refractivity contribution >= 4 is 28.3 Å². The van der Waals surface area contributed by atoms with Crippen LogP contribution in [0.2, 0.25) is 0 Å². The van der Waals surface area contributed by atoms with Crippen molar-refractivity contribution in [3.63, 3.8) is 0 Å². The molecular formula is C17H26ClN3O6S. The van der Waals surface area contributed by atoms with Crippen LogP contribution in [0.3, 0.4) is 0 Å². The van der Waals surface area contributed by atoms with E-state index in [4.69, 9.17) is 14.7 Å². The van der Waals surface area contributed by atoms with Crippen LogP contribution in [0.15, 0.2) is 41.8 Å². The number of nitrogens with zero attached hydrogens (tertiary/aromatic N) is 2. The SMILES string of the molecule is C=CCCOc1ccc(S(=O)(=O)N(CC(=O)NO)CN2CCOCC2)cc1.Cl. The number of morpholine rings is 1. The minimum Gasteiger partial charge on any atom is -0.493 e. The maximum atomic E-state index is 13.0. The van der Waals surface area contributed by atoms with E-state index in [1.165, 1.54) is 17.6 Å². The van der Waals surface area contributed by atoms with Gasteiger partial charge in [0.1, 0.15) is 5.75 Å². The molecule has 0 unspecified atom stereocenters. The monoisotopic (exact) mass is 435 g/mol. The summed E-state index contributed by atoms with van der Waals surface area (Å²) in [6, 6.07) is 5.99. The minimum atomic E-state index is -3.94. The summed E-state index contributed by atoms with van der Waals surface area (Å²) in [5.74, 6) is -0.264. The highest BCUT2D eigenvalue weighted by molar-refractivity contribution is 7.89. The Hall–Kier alpha value is -1.69. The predicted molar refractivity (Wildman–Crippen MR) is 105 cm³/mol. The zero-order valence-electron chi connectivity index (χ0n) is 15.5. The number of sulfonamides is 1. The molecule has 28 heavy (non-hydrogen) atoms. The van der Waals surface area contributed by atoms with Crippen molar-refractivity contribution < 1.29 is 27.9 Å². The molecule has 0 bridgehead atoms. The van der Waals surface area contributed by atoms with Crippen molar-refractivity contribution in [3.8, 4) is 5.75 Å². The summed E-state index contributed by atoms with van der Waals surface area (Å²) in [5, 5.41) is 8.79. The normalized spacial score (nSPS) is 14.9. The molecule has 1 aromatic carbocycles. The Labute approximate surface area is 171 Å². The van der Waals surface area contributed by atoms with Crippen molar-refractivity contribution in [2.45, 2.75) is 11.3 Å². The molecule has 1 aliphatic rings. The molecule has 0 radical (unpaired) electrons. The molecule has 0 atom stereocenters. The van der Waals surface area contributed by atoms with Crippen molar-refractivity contribution in [1.82, 2.24) is 14.7 Å². The van der Waals surface area contributed by atoms with Gasteiger partial charge in [-0.15, -0.1) is 19.0 Å². The third kappa shape index (κ3) is 7.04. The van der Waals surface area contributed by atoms with Gasteiger partial charge in [-0.1, -0.05) is 6.08 Å². The lowest BCUT2D eigenvalue weighted by atomic mass is 10.3. The average Bonchev–Trinajstić information content (AvgIpc) is 2.68. The van der Waals surface area contributed by atoms with Gasteiger partial charge in [-0.2, -0.15) is 4.31 Å². The summed E-state index contributed by atoms with van der Waals surface area (Å²) in [4.78, 5) is 13.5. The first-order valence-corrected chi connectivity index (χ1v) is 9.98. The van der Waals surface area contributed by atoms with Crippen LogP contribution in [-0.4, -0.2) is 74.9 Å². The third-order valence-corrected chi connectivity index (χ3v) is 5.75. The van der Waals surface area contributed by atoms with E-state index in [9.17, 15) is 13.2 Å². The van der Waals surface area contributed by atoms with Crippen molar-refractivity contribution in [2.75, 3.05) is 46.1 Å². The standard InChI is InChI=1S/C17H25N3O6S.ClH/c1-2-3-10-26-15-4-6-16(7-5-15)27(23,24)20(13-17(21)18-22)14-19-8-11-25-12-9-19;/h2,4-7,22H,1,3,8-14H2,(H,18,21);1H. The van der Waals surface area contributed by atoms with Gasteiger partial charge < -0.3 is 9.47 Å². The quantitative estimate of drug-likeness (QED) is 0.243. The fraction of sp³-hybridized carbons (Fsp3) is 0.471. The number of amides is 1. The molecule has 2 rings (SSSR count). The van der Waals surface area contributed by atoms with Gasteiger partial charge in [-0.25, -0.2) is 13.9 Å². The molecule has 11 heteroatoms. The van der Waals surface area contributed by atoms with Gasteiger partial charge in [0.05, 0.1) is 37.9 Å². The molecule has 0 aromatic heterocycles. The van der Waals surface area contributed by atoms with Crippen molar-refractivity contribution in [3.05, 3.63) is 36.9 Å². The number of hydrogen-bond donors (Lipinski definition) is 2. The maximum Gasteiger partial charge on any atom is 0.258 e. The molecule has 9 nitrogen and oxygen atoms in total. The van der Waals surface area contributed by atoms with Crippen molar-refractivity contribution in [1.29, 1.82) is 0 Å². The zero-order valence-corrected chi connectivity index (χ0v) is 17.1. The first-order valence-electron chi connectivity index (χ1n) is 8.54. The Kier molecular flexibility index (Phi) is 10.4. The van der Waals surface area contributed by atoms with Gasteiger partial charge >= 0.3 is 0 Å². The highest BCUT2D eigenvalue weighted by Crippen LogP contribution is 2.20. The molecule has 1 aliphatic heterocycles. The number of nitrogens with one attached hydrogen (secondary N) is 1. The summed E-state index contributed by atoms with van der Waals surface area (Å²) in [6.45, 7) is 5.71. The van der Waals surface area contributed by atoms with Crippen LogP contribution in [0.5, 0.6) is 5.75 Å². The Bertz CT molecular complexity index is 723. The number of rotatable bonds is 10. The van der Waals surface area contributed by atoms with Crippen LogP contribution in [0, 0.1) is 0 Å². The molecular weight excluding hydrogens is 410 g/mol. The van der Waals surface area contributed by atoms with Crippen molar-refractivity contribution in [2.24, 2.45) is 0 Å². The van der Waals surface area contributed by atoms with E-state index in [1.54, 1.807) is 18.2 Å². The van der Waals surface area contributed by atoms with E-state index in [-0.39, 0.29) is 24.0 Å². The second-order valence-corrected chi connectivity index (χ2v) is 7.86. The fourth-order valence-electron chi connectivity index (χ4n) is 2.49. The molecule has 1 saturated heterocycles. The highest BCUT2D eigenvalue weighted by atomic mass is 35.5. The summed E-state index contributed by atoms with van der Waals surface area (Å²) < 4.78 is 37.7. The number of ether oxygens (including phenoxy) is 2. The molecule has 1 amide bonds. The van der Waals surface area contributed by atoms with Gasteiger partial charge in [-0.05, 0) is 30.7 Å². The summed E-state index contributed by atoms with van der Waals surface area (Å²) in [6.07, 6.45) is 2.41. The van der Waals surface area contributed by atoms with Gasteiger partial charge in [0, 0.05) is 13.1 Å². The van der Waals surface area contributed by atoms with E-state index >= 15 is 0 Å². The van der Waals surface area contributed by atoms with E-state index < -0.39 is 22.5 Å². The highest BCUT2D eigenvalue weighted by Gasteiger charge is 2.29. The average molecular weight is 436 g/mol. The van der Waals surface area contributed by atoms with Gasteiger partial charge in [0.25, 0.3) is 5.91 Å². The van der Waals surface area contributed by atoms with E-state index in [2.05, 4.69) is 6.58 Å². The number of benzene rings is 1. The van der Waals surface area contributed by atoms with Gasteiger partial charge in [-0.3, -0.25) is 14.9 Å². The lowest BCUT2D eigenvalue weighted by Crippen LogP contribution is -2.48. The second-order valence-electron chi connectivity index (χ2n) is 5.92. The smallest absolute Gasteiger partial charge is 0.258 e. The fourth-order valence-corrected chi connectivity index (χ4v) is 3.87. The maximum absolute atomic E-state index is 13.0.